The fourth-order valence-electron chi connectivity index (χ4n) is 4.02. The summed E-state index contributed by atoms with van der Waals surface area (Å²) in [5.74, 6) is 1.87. The van der Waals surface area contributed by atoms with Crippen molar-refractivity contribution in [2.24, 2.45) is 0 Å². The molecule has 3 nitrogen and oxygen atoms in total. The third-order valence-electron chi connectivity index (χ3n) is 5.57. The zero-order valence-electron chi connectivity index (χ0n) is 16.1. The predicted octanol–water partition coefficient (Wildman–Crippen LogP) is 4.90. The molecule has 0 bridgehead atoms. The molecule has 1 aromatic rings. The van der Waals surface area contributed by atoms with Gasteiger partial charge in [0.05, 0.1) is 0 Å². The summed E-state index contributed by atoms with van der Waals surface area (Å²) in [5.41, 5.74) is 2.84. The Morgan fingerprint density at radius 1 is 1.15 bits per heavy atom. The van der Waals surface area contributed by atoms with Gasteiger partial charge in [-0.05, 0) is 68.2 Å². The summed E-state index contributed by atoms with van der Waals surface area (Å²) in [6.07, 6.45) is 12.0. The van der Waals surface area contributed by atoms with Crippen LogP contribution in [0.25, 0.3) is 0 Å². The molecule has 2 aliphatic rings. The highest BCUT2D eigenvalue weighted by Gasteiger charge is 2.19. The number of aryl methyl sites for hydroxylation is 2. The summed E-state index contributed by atoms with van der Waals surface area (Å²) in [4.78, 5) is 12.5. The predicted molar refractivity (Wildman–Crippen MR) is 110 cm³/mol. The van der Waals surface area contributed by atoms with Gasteiger partial charge in [-0.1, -0.05) is 32.3 Å². The van der Waals surface area contributed by atoms with E-state index < -0.39 is 6.10 Å². The van der Waals surface area contributed by atoms with Crippen molar-refractivity contribution in [2.75, 3.05) is 12.3 Å². The summed E-state index contributed by atoms with van der Waals surface area (Å²) in [6, 6.07) is 6.34. The number of hydrogen-bond donors (Lipinski definition) is 1. The monoisotopic (exact) mass is 375 g/mol. The van der Waals surface area contributed by atoms with Gasteiger partial charge in [0.1, 0.15) is 5.75 Å². The first-order valence-corrected chi connectivity index (χ1v) is 11.5. The zero-order valence-corrected chi connectivity index (χ0v) is 16.9. The van der Waals surface area contributed by atoms with Crippen LogP contribution in [0.2, 0.25) is 0 Å². The highest BCUT2D eigenvalue weighted by Crippen LogP contribution is 2.28. The number of rotatable bonds is 8. The van der Waals surface area contributed by atoms with E-state index in [4.69, 9.17) is 4.74 Å². The summed E-state index contributed by atoms with van der Waals surface area (Å²) < 4.78 is 6.02. The third-order valence-corrected chi connectivity index (χ3v) is 6.95. The molecule has 0 aromatic heterocycles. The van der Waals surface area contributed by atoms with Crippen molar-refractivity contribution in [1.29, 1.82) is 0 Å². The minimum absolute atomic E-state index is 0.0227. The molecule has 0 saturated heterocycles. The van der Waals surface area contributed by atoms with Gasteiger partial charge in [0, 0.05) is 17.5 Å². The topological polar surface area (TPSA) is 38.3 Å². The van der Waals surface area contributed by atoms with Gasteiger partial charge in [-0.2, -0.15) is 11.8 Å². The fraction of sp³-hybridized carbons (Fsp3) is 0.682. The Morgan fingerprint density at radius 3 is 2.69 bits per heavy atom. The van der Waals surface area contributed by atoms with Crippen LogP contribution in [0.3, 0.4) is 0 Å². The van der Waals surface area contributed by atoms with Crippen LogP contribution in [0.15, 0.2) is 18.2 Å². The molecule has 1 unspecified atom stereocenters. The van der Waals surface area contributed by atoms with Crippen molar-refractivity contribution in [3.63, 3.8) is 0 Å². The number of ether oxygens (including phenoxy) is 1. The van der Waals surface area contributed by atoms with Crippen LogP contribution < -0.4 is 10.1 Å². The van der Waals surface area contributed by atoms with Crippen LogP contribution in [0, 0.1) is 0 Å². The van der Waals surface area contributed by atoms with Crippen molar-refractivity contribution in [3.05, 3.63) is 29.3 Å². The Labute approximate surface area is 162 Å². The Bertz CT molecular complexity index is 584. The minimum Gasteiger partial charge on any atom is -0.481 e. The summed E-state index contributed by atoms with van der Waals surface area (Å²) in [7, 11) is 0. The second-order valence-electron chi connectivity index (χ2n) is 7.57. The second-order valence-corrected chi connectivity index (χ2v) is 8.98. The maximum absolute atomic E-state index is 12.5. The van der Waals surface area contributed by atoms with Crippen LogP contribution in [-0.2, 0) is 17.6 Å². The number of fused-ring (bicyclic) bond motifs is 1. The number of nitrogens with one attached hydrogen (secondary N) is 1. The molecule has 144 valence electrons. The van der Waals surface area contributed by atoms with Crippen LogP contribution in [-0.4, -0.2) is 29.6 Å². The van der Waals surface area contributed by atoms with Crippen LogP contribution in [0.4, 0.5) is 0 Å². The van der Waals surface area contributed by atoms with E-state index in [1.165, 1.54) is 62.5 Å². The van der Waals surface area contributed by atoms with E-state index in [1.54, 1.807) is 0 Å². The molecule has 4 heteroatoms. The fourth-order valence-corrected chi connectivity index (χ4v) is 5.24. The normalized spacial score (nSPS) is 18.8. The zero-order chi connectivity index (χ0) is 18.2. The molecule has 1 amide bonds. The lowest BCUT2D eigenvalue weighted by Gasteiger charge is -2.22. The van der Waals surface area contributed by atoms with Crippen molar-refractivity contribution in [1.82, 2.24) is 5.32 Å². The molecule has 1 N–H and O–H groups in total. The first-order chi connectivity index (χ1) is 12.8. The van der Waals surface area contributed by atoms with Gasteiger partial charge in [-0.3, -0.25) is 4.79 Å². The average molecular weight is 376 g/mol. The first kappa shape index (κ1) is 19.6. The Balaban J connectivity index is 1.43. The van der Waals surface area contributed by atoms with E-state index in [0.29, 0.717) is 6.42 Å². The molecule has 1 fully saturated rings. The molecule has 2 aliphatic carbocycles. The maximum Gasteiger partial charge on any atom is 0.261 e. The number of amides is 1. The van der Waals surface area contributed by atoms with Gasteiger partial charge >= 0.3 is 0 Å². The number of carbonyl (C=O) groups excluding carboxylic acids is 1. The van der Waals surface area contributed by atoms with Crippen molar-refractivity contribution in [3.8, 4) is 5.75 Å². The van der Waals surface area contributed by atoms with Gasteiger partial charge in [0.2, 0.25) is 0 Å². The molecule has 0 spiro atoms. The van der Waals surface area contributed by atoms with Gasteiger partial charge in [-0.25, -0.2) is 0 Å². The number of carbonyl (C=O) groups is 1. The number of hydrogen-bond acceptors (Lipinski definition) is 3. The molecule has 1 saturated carbocycles. The van der Waals surface area contributed by atoms with Crippen LogP contribution in [0.1, 0.15) is 69.4 Å². The molecular weight excluding hydrogens is 342 g/mol. The van der Waals surface area contributed by atoms with E-state index in [0.717, 1.165) is 29.7 Å². The SMILES string of the molecule is CCC(Oc1ccc2c(c1)CCCC2)C(=O)NCCSC1CCCCC1. The Morgan fingerprint density at radius 2 is 1.92 bits per heavy atom. The lowest BCUT2D eigenvalue weighted by atomic mass is 9.92. The van der Waals surface area contributed by atoms with E-state index in [-0.39, 0.29) is 5.91 Å². The molecule has 26 heavy (non-hydrogen) atoms. The molecule has 3 rings (SSSR count). The lowest BCUT2D eigenvalue weighted by Crippen LogP contribution is -2.39. The molecule has 0 heterocycles. The largest absolute Gasteiger partial charge is 0.481 e. The smallest absolute Gasteiger partial charge is 0.261 e. The standard InChI is InChI=1S/C22H33NO2S/c1-2-21(22(24)23-14-15-26-20-10-4-3-5-11-20)25-19-13-12-17-8-6-7-9-18(17)16-19/h12-13,16,20-21H,2-11,14-15H2,1H3,(H,23,24). The number of benzene rings is 1. The molecule has 1 atom stereocenters. The second kappa shape index (κ2) is 10.2. The number of thioether (sulfide) groups is 1. The first-order valence-electron chi connectivity index (χ1n) is 10.4. The van der Waals surface area contributed by atoms with E-state index in [2.05, 4.69) is 17.4 Å². The van der Waals surface area contributed by atoms with Crippen molar-refractivity contribution < 1.29 is 9.53 Å². The van der Waals surface area contributed by atoms with E-state index in [1.807, 2.05) is 24.8 Å². The molecule has 0 aliphatic heterocycles. The van der Waals surface area contributed by atoms with Gasteiger partial charge in [-0.15, -0.1) is 0 Å². The molecule has 1 aromatic carbocycles. The highest BCUT2D eigenvalue weighted by atomic mass is 32.2. The highest BCUT2D eigenvalue weighted by molar-refractivity contribution is 7.99. The summed E-state index contributed by atoms with van der Waals surface area (Å²) in [5, 5.41) is 3.87. The molecular formula is C22H33NO2S. The van der Waals surface area contributed by atoms with E-state index in [9.17, 15) is 4.79 Å². The third kappa shape index (κ3) is 5.67. The van der Waals surface area contributed by atoms with Crippen molar-refractivity contribution in [2.45, 2.75) is 82.5 Å². The summed E-state index contributed by atoms with van der Waals surface area (Å²) in [6.45, 7) is 2.75. The van der Waals surface area contributed by atoms with E-state index >= 15 is 0 Å². The molecule has 0 radical (unpaired) electrons. The van der Waals surface area contributed by atoms with Crippen LogP contribution >= 0.6 is 11.8 Å². The van der Waals surface area contributed by atoms with Gasteiger partial charge in [0.25, 0.3) is 5.91 Å². The lowest BCUT2D eigenvalue weighted by molar-refractivity contribution is -0.127. The van der Waals surface area contributed by atoms with Crippen LogP contribution in [0.5, 0.6) is 5.75 Å². The van der Waals surface area contributed by atoms with Crippen molar-refractivity contribution >= 4 is 17.7 Å². The summed E-state index contributed by atoms with van der Waals surface area (Å²) >= 11 is 2.02. The van der Waals surface area contributed by atoms with Gasteiger partial charge < -0.3 is 10.1 Å². The quantitative estimate of drug-likeness (QED) is 0.657. The minimum atomic E-state index is -0.392. The Hall–Kier alpha value is -1.16. The average Bonchev–Trinajstić information content (AvgIpc) is 2.70. The Kier molecular flexibility index (Phi) is 7.72. The van der Waals surface area contributed by atoms with Gasteiger partial charge in [0.15, 0.2) is 6.10 Å². The maximum atomic E-state index is 12.5.